The molecule has 1 saturated heterocycles. The van der Waals surface area contributed by atoms with Crippen molar-refractivity contribution in [2.24, 2.45) is 4.99 Å². The lowest BCUT2D eigenvalue weighted by Crippen LogP contribution is -2.35. The van der Waals surface area contributed by atoms with E-state index in [0.717, 1.165) is 11.8 Å². The zero-order valence-electron chi connectivity index (χ0n) is 13.3. The number of amides is 2. The smallest absolute Gasteiger partial charge is 0.279 e. The molecule has 0 spiro atoms. The van der Waals surface area contributed by atoms with Gasteiger partial charge in [-0.15, -0.1) is 0 Å². The summed E-state index contributed by atoms with van der Waals surface area (Å²) in [6.45, 7) is 0. The quantitative estimate of drug-likeness (QED) is 0.801. The molecule has 0 N–H and O–H groups in total. The Hall–Kier alpha value is -2.64. The maximum absolute atomic E-state index is 12.6. The van der Waals surface area contributed by atoms with Crippen LogP contribution in [0.4, 0.5) is 5.69 Å². The van der Waals surface area contributed by atoms with E-state index in [-0.39, 0.29) is 5.17 Å². The van der Waals surface area contributed by atoms with Crippen molar-refractivity contribution in [2.75, 3.05) is 4.90 Å². The molecule has 0 aromatic heterocycles. The van der Waals surface area contributed by atoms with E-state index in [1.54, 1.807) is 54.6 Å². The fourth-order valence-electron chi connectivity index (χ4n) is 2.39. The van der Waals surface area contributed by atoms with E-state index in [4.69, 9.17) is 11.6 Å². The monoisotopic (exact) mass is 387 g/mol. The van der Waals surface area contributed by atoms with Gasteiger partial charge in [0.05, 0.1) is 10.9 Å². The third-order valence-corrected chi connectivity index (χ3v) is 4.98. The Kier molecular flexibility index (Phi) is 5.39. The molecule has 8 heteroatoms. The van der Waals surface area contributed by atoms with Crippen molar-refractivity contribution >= 4 is 52.0 Å². The minimum Gasteiger partial charge on any atom is -0.550 e. The van der Waals surface area contributed by atoms with Gasteiger partial charge in [0, 0.05) is 23.0 Å². The number of carbonyl (C=O) groups is 3. The van der Waals surface area contributed by atoms with Crippen molar-refractivity contribution in [1.29, 1.82) is 0 Å². The number of thioether (sulfide) groups is 1. The van der Waals surface area contributed by atoms with Crippen LogP contribution >= 0.6 is 23.4 Å². The molecule has 2 amide bonds. The molecule has 1 atom stereocenters. The SMILES string of the molecule is O=C([O-])C[C@H]1SC(=NC(=O)c2ccccc2)N(c2ccc(Cl)cc2)C1=O. The standard InChI is InChI=1S/C18H13ClN2O4S/c19-12-6-8-13(9-7-12)21-17(25)14(10-15(22)23)26-18(21)20-16(24)11-4-2-1-3-5-11/h1-9,14H,10H2,(H,22,23)/p-1/t14-/m1/s1. The summed E-state index contributed by atoms with van der Waals surface area (Å²) in [4.78, 5) is 41.2. The molecule has 3 rings (SSSR count). The lowest BCUT2D eigenvalue weighted by Gasteiger charge is -2.16. The summed E-state index contributed by atoms with van der Waals surface area (Å²) in [7, 11) is 0. The van der Waals surface area contributed by atoms with Crippen LogP contribution in [0.2, 0.25) is 5.02 Å². The first-order valence-corrected chi connectivity index (χ1v) is 8.85. The average molecular weight is 388 g/mol. The minimum atomic E-state index is -1.34. The predicted molar refractivity (Wildman–Crippen MR) is 98.1 cm³/mol. The second-order valence-corrected chi connectivity index (χ2v) is 7.00. The molecule has 0 saturated carbocycles. The number of carboxylic acids is 1. The van der Waals surface area contributed by atoms with Crippen LogP contribution in [0.5, 0.6) is 0 Å². The van der Waals surface area contributed by atoms with Crippen molar-refractivity contribution < 1.29 is 19.5 Å². The number of aliphatic imine (C=N–C) groups is 1. The van der Waals surface area contributed by atoms with Crippen molar-refractivity contribution in [1.82, 2.24) is 0 Å². The van der Waals surface area contributed by atoms with Gasteiger partial charge in [-0.3, -0.25) is 14.5 Å². The van der Waals surface area contributed by atoms with E-state index in [0.29, 0.717) is 16.3 Å². The van der Waals surface area contributed by atoms with Gasteiger partial charge < -0.3 is 9.90 Å². The highest BCUT2D eigenvalue weighted by molar-refractivity contribution is 8.16. The predicted octanol–water partition coefficient (Wildman–Crippen LogP) is 2.12. The molecule has 26 heavy (non-hydrogen) atoms. The largest absolute Gasteiger partial charge is 0.550 e. The molecule has 1 heterocycles. The highest BCUT2D eigenvalue weighted by Crippen LogP contribution is 2.34. The Labute approximate surface area is 158 Å². The van der Waals surface area contributed by atoms with Crippen molar-refractivity contribution in [3.8, 4) is 0 Å². The third-order valence-electron chi connectivity index (χ3n) is 3.59. The summed E-state index contributed by atoms with van der Waals surface area (Å²) in [5, 5.41) is 10.6. The number of anilines is 1. The molecule has 1 aliphatic heterocycles. The molecule has 0 unspecified atom stereocenters. The number of nitrogens with zero attached hydrogens (tertiary/aromatic N) is 2. The van der Waals surface area contributed by atoms with Gasteiger partial charge in [-0.1, -0.05) is 41.6 Å². The van der Waals surface area contributed by atoms with E-state index < -0.39 is 29.5 Å². The first kappa shape index (κ1) is 18.2. The summed E-state index contributed by atoms with van der Waals surface area (Å²) in [6, 6.07) is 14.8. The second kappa shape index (κ2) is 7.72. The van der Waals surface area contributed by atoms with E-state index >= 15 is 0 Å². The molecule has 0 bridgehead atoms. The van der Waals surface area contributed by atoms with E-state index in [2.05, 4.69) is 4.99 Å². The maximum Gasteiger partial charge on any atom is 0.279 e. The Balaban J connectivity index is 1.97. The number of rotatable bonds is 4. The van der Waals surface area contributed by atoms with Gasteiger partial charge in [0.15, 0.2) is 5.17 Å². The van der Waals surface area contributed by atoms with Crippen LogP contribution in [-0.4, -0.2) is 28.2 Å². The molecule has 6 nitrogen and oxygen atoms in total. The molecule has 1 fully saturated rings. The zero-order chi connectivity index (χ0) is 18.7. The Morgan fingerprint density at radius 3 is 2.38 bits per heavy atom. The first-order valence-electron chi connectivity index (χ1n) is 7.60. The summed E-state index contributed by atoms with van der Waals surface area (Å²) in [6.07, 6.45) is -0.466. The van der Waals surface area contributed by atoms with Crippen LogP contribution in [0, 0.1) is 0 Å². The van der Waals surface area contributed by atoms with Gasteiger partial charge in [-0.25, -0.2) is 0 Å². The molecular formula is C18H12ClN2O4S-. The fraction of sp³-hybridized carbons (Fsp3) is 0.111. The van der Waals surface area contributed by atoms with Gasteiger partial charge in [-0.2, -0.15) is 4.99 Å². The fourth-order valence-corrected chi connectivity index (χ4v) is 3.63. The van der Waals surface area contributed by atoms with Crippen LogP contribution < -0.4 is 10.0 Å². The van der Waals surface area contributed by atoms with Gasteiger partial charge in [0.1, 0.15) is 0 Å². The van der Waals surface area contributed by atoms with Gasteiger partial charge >= 0.3 is 0 Å². The van der Waals surface area contributed by atoms with Crippen LogP contribution in [-0.2, 0) is 9.59 Å². The van der Waals surface area contributed by atoms with Crippen LogP contribution in [0.1, 0.15) is 16.8 Å². The molecule has 2 aromatic carbocycles. The average Bonchev–Trinajstić information content (AvgIpc) is 2.91. The summed E-state index contributed by atoms with van der Waals surface area (Å²) in [5.41, 5.74) is 0.819. The first-order chi connectivity index (χ1) is 12.5. The third kappa shape index (κ3) is 3.95. The number of hydrogen-bond donors (Lipinski definition) is 0. The summed E-state index contributed by atoms with van der Waals surface area (Å²) in [5.74, 6) is -2.34. The lowest BCUT2D eigenvalue weighted by molar-refractivity contribution is -0.305. The second-order valence-electron chi connectivity index (χ2n) is 5.40. The molecule has 2 aromatic rings. The maximum atomic E-state index is 12.6. The Morgan fingerprint density at radius 2 is 1.77 bits per heavy atom. The molecule has 0 radical (unpaired) electrons. The van der Waals surface area contributed by atoms with Gasteiger partial charge in [0.25, 0.3) is 5.91 Å². The normalized spacial score (nSPS) is 18.3. The van der Waals surface area contributed by atoms with E-state index in [9.17, 15) is 19.5 Å². The summed E-state index contributed by atoms with van der Waals surface area (Å²) >= 11 is 6.80. The van der Waals surface area contributed by atoms with E-state index in [1.807, 2.05) is 0 Å². The Morgan fingerprint density at radius 1 is 1.12 bits per heavy atom. The number of hydrogen-bond acceptors (Lipinski definition) is 5. The molecule has 1 aliphatic rings. The van der Waals surface area contributed by atoms with Gasteiger partial charge in [0.2, 0.25) is 5.91 Å². The molecule has 0 aliphatic carbocycles. The topological polar surface area (TPSA) is 89.9 Å². The van der Waals surface area contributed by atoms with Crippen LogP contribution in [0.25, 0.3) is 0 Å². The molecule has 132 valence electrons. The van der Waals surface area contributed by atoms with E-state index in [1.165, 1.54) is 4.90 Å². The van der Waals surface area contributed by atoms with Crippen LogP contribution in [0.3, 0.4) is 0 Å². The zero-order valence-corrected chi connectivity index (χ0v) is 14.9. The number of carboxylic acid groups (broad SMARTS) is 1. The lowest BCUT2D eigenvalue weighted by atomic mass is 10.2. The minimum absolute atomic E-state index is 0.123. The molecular weight excluding hydrogens is 376 g/mol. The highest BCUT2D eigenvalue weighted by atomic mass is 35.5. The van der Waals surface area contributed by atoms with Crippen molar-refractivity contribution in [3.63, 3.8) is 0 Å². The number of benzene rings is 2. The van der Waals surface area contributed by atoms with Gasteiger partial charge in [-0.05, 0) is 36.4 Å². The van der Waals surface area contributed by atoms with Crippen molar-refractivity contribution in [2.45, 2.75) is 11.7 Å². The number of amidine groups is 1. The highest BCUT2D eigenvalue weighted by Gasteiger charge is 2.39. The Bertz CT molecular complexity index is 884. The van der Waals surface area contributed by atoms with Crippen LogP contribution in [0.15, 0.2) is 59.6 Å². The number of carbonyl (C=O) groups excluding carboxylic acids is 3. The van der Waals surface area contributed by atoms with Crippen molar-refractivity contribution in [3.05, 3.63) is 65.2 Å². The number of aliphatic carboxylic acids is 1. The number of halogens is 1. The summed E-state index contributed by atoms with van der Waals surface area (Å²) < 4.78 is 0.